The number of nitrogen functional groups attached to an aromatic ring is 2. The number of aromatic amines is 2. The molecular formula is C17H18Cl2N12. The number of aromatic nitrogens is 9. The molecule has 0 unspecified atom stereocenters. The van der Waals surface area contributed by atoms with Gasteiger partial charge < -0.3 is 38.7 Å². The Morgan fingerprint density at radius 3 is 2.03 bits per heavy atom. The van der Waals surface area contributed by atoms with E-state index in [-0.39, 0.29) is 24.3 Å². The van der Waals surface area contributed by atoms with E-state index in [9.17, 15) is 0 Å². The van der Waals surface area contributed by atoms with Crippen LogP contribution in [0.5, 0.6) is 0 Å². The minimum Gasteiger partial charge on any atom is -1.00 e. The number of nitrogens with one attached hydrogen (secondary N) is 2. The zero-order valence-corrected chi connectivity index (χ0v) is 18.0. The lowest BCUT2D eigenvalue weighted by atomic mass is 10.3. The molecule has 0 spiro atoms. The highest BCUT2D eigenvalue weighted by molar-refractivity contribution is 6.33. The Hall–Kier alpha value is -3.77. The molecule has 0 amide bonds. The lowest BCUT2D eigenvalue weighted by molar-refractivity contribution is -0.597. The summed E-state index contributed by atoms with van der Waals surface area (Å²) in [7, 11) is 3.99. The van der Waals surface area contributed by atoms with E-state index in [1.165, 1.54) is 6.33 Å². The SMILES string of the molecule is CN(C)c1cc[n+](-c2nc(N)nc3nc[nH]c23)cc1.Nc1nc(Cl)c2[nH]cnc2n1.[Cl-]. The van der Waals surface area contributed by atoms with E-state index >= 15 is 0 Å². The molecule has 160 valence electrons. The molecule has 0 radical (unpaired) electrons. The van der Waals surface area contributed by atoms with Crippen LogP contribution in [0.1, 0.15) is 0 Å². The van der Waals surface area contributed by atoms with Gasteiger partial charge in [-0.05, 0) is 0 Å². The monoisotopic (exact) mass is 460 g/mol. The smallest absolute Gasteiger partial charge is 0.359 e. The number of anilines is 3. The van der Waals surface area contributed by atoms with Crippen LogP contribution in [0.4, 0.5) is 17.6 Å². The fourth-order valence-corrected chi connectivity index (χ4v) is 2.92. The van der Waals surface area contributed by atoms with E-state index in [2.05, 4.69) is 39.9 Å². The molecule has 12 nitrogen and oxygen atoms in total. The van der Waals surface area contributed by atoms with Gasteiger partial charge in [0.1, 0.15) is 5.52 Å². The first-order valence-corrected chi connectivity index (χ1v) is 9.08. The number of hydrogen-bond acceptors (Lipinski definition) is 9. The van der Waals surface area contributed by atoms with Gasteiger partial charge in [-0.25, -0.2) is 14.5 Å². The lowest BCUT2D eigenvalue weighted by Crippen LogP contribution is -3.00. The minimum atomic E-state index is 0. The third kappa shape index (κ3) is 4.54. The molecule has 0 aliphatic heterocycles. The zero-order chi connectivity index (χ0) is 21.3. The van der Waals surface area contributed by atoms with Gasteiger partial charge in [-0.1, -0.05) is 11.6 Å². The molecular weight excluding hydrogens is 443 g/mol. The van der Waals surface area contributed by atoms with Crippen molar-refractivity contribution in [3.05, 3.63) is 42.3 Å². The predicted octanol–water partition coefficient (Wildman–Crippen LogP) is -2.13. The number of H-pyrrole nitrogens is 2. The van der Waals surface area contributed by atoms with E-state index in [0.717, 1.165) is 11.2 Å². The molecule has 0 aromatic carbocycles. The molecule has 0 saturated heterocycles. The molecule has 0 bridgehead atoms. The fraction of sp³-hybridized carbons (Fsp3) is 0.118. The van der Waals surface area contributed by atoms with Crippen molar-refractivity contribution in [2.45, 2.75) is 0 Å². The Labute approximate surface area is 187 Å². The molecule has 31 heavy (non-hydrogen) atoms. The number of nitrogens with two attached hydrogens (primary N) is 2. The van der Waals surface area contributed by atoms with Crippen molar-refractivity contribution in [3.8, 4) is 5.82 Å². The molecule has 5 heterocycles. The molecule has 0 fully saturated rings. The molecule has 14 heteroatoms. The number of imidazole rings is 2. The summed E-state index contributed by atoms with van der Waals surface area (Å²) >= 11 is 5.70. The molecule has 5 aromatic heterocycles. The van der Waals surface area contributed by atoms with E-state index in [1.807, 2.05) is 48.1 Å². The first-order chi connectivity index (χ1) is 14.4. The van der Waals surface area contributed by atoms with Crippen LogP contribution in [0.25, 0.3) is 28.1 Å². The van der Waals surface area contributed by atoms with Crippen molar-refractivity contribution in [1.82, 2.24) is 39.9 Å². The van der Waals surface area contributed by atoms with Crippen LogP contribution in [-0.2, 0) is 0 Å². The third-order valence-corrected chi connectivity index (χ3v) is 4.39. The van der Waals surface area contributed by atoms with Gasteiger partial charge in [0.15, 0.2) is 22.0 Å². The molecule has 0 atom stereocenters. The van der Waals surface area contributed by atoms with Gasteiger partial charge in [-0.2, -0.15) is 15.0 Å². The maximum atomic E-state index is 5.70. The van der Waals surface area contributed by atoms with Crippen molar-refractivity contribution in [2.24, 2.45) is 0 Å². The van der Waals surface area contributed by atoms with Gasteiger partial charge in [-0.3, -0.25) is 0 Å². The fourth-order valence-electron chi connectivity index (χ4n) is 2.69. The second kappa shape index (κ2) is 8.93. The number of hydrogen-bond donors (Lipinski definition) is 4. The zero-order valence-electron chi connectivity index (χ0n) is 16.5. The first kappa shape index (κ1) is 21.9. The first-order valence-electron chi connectivity index (χ1n) is 8.70. The summed E-state index contributed by atoms with van der Waals surface area (Å²) in [5.74, 6) is 1.03. The Morgan fingerprint density at radius 1 is 0.871 bits per heavy atom. The van der Waals surface area contributed by atoms with Gasteiger partial charge in [0.25, 0.3) is 0 Å². The normalized spacial score (nSPS) is 10.4. The van der Waals surface area contributed by atoms with Crippen LogP contribution >= 0.6 is 11.6 Å². The van der Waals surface area contributed by atoms with Crippen LogP contribution in [-0.4, -0.2) is 54.0 Å². The summed E-state index contributed by atoms with van der Waals surface area (Å²) in [4.78, 5) is 31.7. The second-order valence-electron chi connectivity index (χ2n) is 6.34. The van der Waals surface area contributed by atoms with Crippen LogP contribution in [0.2, 0.25) is 5.15 Å². The van der Waals surface area contributed by atoms with Crippen molar-refractivity contribution >= 4 is 51.5 Å². The maximum absolute atomic E-state index is 5.70. The highest BCUT2D eigenvalue weighted by atomic mass is 35.5. The summed E-state index contributed by atoms with van der Waals surface area (Å²) in [5.41, 5.74) is 14.6. The summed E-state index contributed by atoms with van der Waals surface area (Å²) in [5, 5.41) is 0.296. The number of rotatable bonds is 2. The maximum Gasteiger partial charge on any atom is 0.359 e. The van der Waals surface area contributed by atoms with Crippen LogP contribution < -0.4 is 33.3 Å². The van der Waals surface area contributed by atoms with Crippen LogP contribution in [0, 0.1) is 0 Å². The van der Waals surface area contributed by atoms with Gasteiger partial charge in [0, 0.05) is 36.9 Å². The number of fused-ring (bicyclic) bond motifs is 2. The van der Waals surface area contributed by atoms with Crippen LogP contribution in [0.15, 0.2) is 37.2 Å². The van der Waals surface area contributed by atoms with Gasteiger partial charge >= 0.3 is 11.8 Å². The number of pyridine rings is 1. The number of nitrogens with zero attached hydrogens (tertiary/aromatic N) is 8. The molecule has 0 aliphatic rings. The Morgan fingerprint density at radius 2 is 1.42 bits per heavy atom. The average Bonchev–Trinajstić information content (AvgIpc) is 3.37. The van der Waals surface area contributed by atoms with Gasteiger partial charge in [0.2, 0.25) is 5.95 Å². The second-order valence-corrected chi connectivity index (χ2v) is 6.70. The van der Waals surface area contributed by atoms with Crippen molar-refractivity contribution in [3.63, 3.8) is 0 Å². The predicted molar refractivity (Wildman–Crippen MR) is 113 cm³/mol. The Bertz CT molecular complexity index is 1310. The molecule has 0 aliphatic carbocycles. The largest absolute Gasteiger partial charge is 1.00 e. The van der Waals surface area contributed by atoms with E-state index in [1.54, 1.807) is 6.33 Å². The van der Waals surface area contributed by atoms with Crippen molar-refractivity contribution < 1.29 is 17.0 Å². The summed E-state index contributed by atoms with van der Waals surface area (Å²) in [6, 6.07) is 4.00. The summed E-state index contributed by atoms with van der Waals surface area (Å²) < 4.78 is 1.88. The van der Waals surface area contributed by atoms with Crippen molar-refractivity contribution in [1.29, 1.82) is 0 Å². The van der Waals surface area contributed by atoms with E-state index < -0.39 is 0 Å². The topological polar surface area (TPSA) is 168 Å². The molecule has 6 N–H and O–H groups in total. The molecule has 5 rings (SSSR count). The highest BCUT2D eigenvalue weighted by Gasteiger charge is 2.18. The van der Waals surface area contributed by atoms with Gasteiger partial charge in [0.05, 0.1) is 25.0 Å². The summed E-state index contributed by atoms with van der Waals surface area (Å²) in [6.45, 7) is 0. The Balaban J connectivity index is 0.000000194. The standard InChI is InChI=1S/C12H14N7.C5H4ClN5.ClH/c1-18(2)8-3-5-19(6-4-8)11-9-10(15-7-14-9)16-12(13)17-11;6-3-2-4(9-1-8-2)11-5(7)10-3;/h3-7H,1-2H3,(H3,13,14,15,16,17);1H,(H3,7,8,9,10,11);1H/q+1;;/p-1. The van der Waals surface area contributed by atoms with Gasteiger partial charge in [-0.15, -0.1) is 0 Å². The van der Waals surface area contributed by atoms with Crippen LogP contribution in [0.3, 0.4) is 0 Å². The molecule has 5 aromatic rings. The highest BCUT2D eigenvalue weighted by Crippen LogP contribution is 2.16. The minimum absolute atomic E-state index is 0. The quantitative estimate of drug-likeness (QED) is 0.170. The summed E-state index contributed by atoms with van der Waals surface area (Å²) in [6.07, 6.45) is 6.93. The molecule has 0 saturated carbocycles. The number of halogens is 2. The lowest BCUT2D eigenvalue weighted by Gasteiger charge is -2.11. The third-order valence-electron chi connectivity index (χ3n) is 4.12. The van der Waals surface area contributed by atoms with Crippen molar-refractivity contribution in [2.75, 3.05) is 30.5 Å². The Kier molecular flexibility index (Phi) is 6.32. The van der Waals surface area contributed by atoms with E-state index in [0.29, 0.717) is 27.8 Å². The average molecular weight is 461 g/mol. The van der Waals surface area contributed by atoms with E-state index in [4.69, 9.17) is 23.1 Å².